The summed E-state index contributed by atoms with van der Waals surface area (Å²) >= 11 is 11.5. The van der Waals surface area contributed by atoms with Crippen LogP contribution in [0, 0.1) is 6.92 Å². The lowest BCUT2D eigenvalue weighted by atomic mass is 10.1. The number of alkyl halides is 1. The average molecular weight is 394 g/mol. The van der Waals surface area contributed by atoms with E-state index in [1.165, 1.54) is 5.56 Å². The lowest BCUT2D eigenvalue weighted by molar-refractivity contribution is 1.39. The van der Waals surface area contributed by atoms with E-state index in [4.69, 9.17) is 23.8 Å². The highest BCUT2D eigenvalue weighted by atomic mass is 35.5. The fraction of sp³-hybridized carbons (Fsp3) is 0.0909. The predicted molar refractivity (Wildman–Crippen MR) is 120 cm³/mol. The van der Waals surface area contributed by atoms with Crippen molar-refractivity contribution in [3.8, 4) is 0 Å². The number of para-hydroxylation sites is 1. The summed E-state index contributed by atoms with van der Waals surface area (Å²) in [5, 5.41) is 6.92. The third kappa shape index (κ3) is 5.39. The van der Waals surface area contributed by atoms with Gasteiger partial charge in [-0.3, -0.25) is 0 Å². The van der Waals surface area contributed by atoms with E-state index in [1.807, 2.05) is 85.8 Å². The topological polar surface area (TPSA) is 36.4 Å². The number of aryl methyl sites for hydroxylation is 1. The van der Waals surface area contributed by atoms with Crippen LogP contribution in [-0.2, 0) is 5.88 Å². The first-order valence-corrected chi connectivity index (χ1v) is 9.52. The third-order valence-electron chi connectivity index (χ3n) is 3.98. The van der Waals surface area contributed by atoms with E-state index in [0.29, 0.717) is 16.8 Å². The summed E-state index contributed by atoms with van der Waals surface area (Å²) < 4.78 is 0. The number of aliphatic imine (C=N–C) groups is 1. The maximum atomic E-state index is 6.07. The van der Waals surface area contributed by atoms with Crippen molar-refractivity contribution in [1.29, 1.82) is 0 Å². The number of anilines is 2. The van der Waals surface area contributed by atoms with Crippen LogP contribution < -0.4 is 10.6 Å². The van der Waals surface area contributed by atoms with Gasteiger partial charge in [0.05, 0.1) is 0 Å². The first kappa shape index (κ1) is 19.1. The molecular weight excluding hydrogens is 374 g/mol. The molecule has 0 fully saturated rings. The lowest BCUT2D eigenvalue weighted by Crippen LogP contribution is -2.19. The minimum absolute atomic E-state index is 0.383. The van der Waals surface area contributed by atoms with Crippen molar-refractivity contribution < 1.29 is 0 Å². The highest BCUT2D eigenvalue weighted by Crippen LogP contribution is 2.19. The zero-order valence-electron chi connectivity index (χ0n) is 14.9. The van der Waals surface area contributed by atoms with Gasteiger partial charge in [-0.15, -0.1) is 11.6 Å². The molecule has 0 spiro atoms. The molecule has 0 amide bonds. The first-order chi connectivity index (χ1) is 13.2. The van der Waals surface area contributed by atoms with Gasteiger partial charge in [0, 0.05) is 22.8 Å². The molecule has 0 saturated heterocycles. The van der Waals surface area contributed by atoms with Gasteiger partial charge in [-0.25, -0.2) is 4.99 Å². The van der Waals surface area contributed by atoms with Gasteiger partial charge in [-0.2, -0.15) is 0 Å². The molecule has 0 aliphatic carbocycles. The smallest absolute Gasteiger partial charge is 0.199 e. The summed E-state index contributed by atoms with van der Waals surface area (Å²) in [6.07, 6.45) is 0. The Labute approximate surface area is 170 Å². The van der Waals surface area contributed by atoms with Crippen molar-refractivity contribution in [1.82, 2.24) is 0 Å². The van der Waals surface area contributed by atoms with Crippen LogP contribution in [0.3, 0.4) is 0 Å². The van der Waals surface area contributed by atoms with Gasteiger partial charge >= 0.3 is 0 Å². The van der Waals surface area contributed by atoms with Gasteiger partial charge in [-0.1, -0.05) is 66.2 Å². The molecule has 0 radical (unpaired) electrons. The van der Waals surface area contributed by atoms with Crippen molar-refractivity contribution in [2.75, 3.05) is 10.6 Å². The summed E-state index contributed by atoms with van der Waals surface area (Å²) in [4.78, 5) is 4.62. The molecule has 0 aliphatic heterocycles. The molecule has 136 valence electrons. The van der Waals surface area contributed by atoms with E-state index in [9.17, 15) is 0 Å². The van der Waals surface area contributed by atoms with Crippen LogP contribution in [0.25, 0.3) is 0 Å². The number of halogens is 1. The second kappa shape index (κ2) is 9.31. The molecular formula is C22H20ClN3S. The van der Waals surface area contributed by atoms with E-state index in [-0.39, 0.29) is 0 Å². The Bertz CT molecular complexity index is 937. The Morgan fingerprint density at radius 2 is 1.56 bits per heavy atom. The maximum absolute atomic E-state index is 6.07. The van der Waals surface area contributed by atoms with Gasteiger partial charge in [0.2, 0.25) is 0 Å². The Kier molecular flexibility index (Phi) is 6.58. The van der Waals surface area contributed by atoms with Crippen molar-refractivity contribution in [3.63, 3.8) is 0 Å². The monoisotopic (exact) mass is 393 g/mol. The molecule has 5 heteroatoms. The number of rotatable bonds is 4. The summed E-state index contributed by atoms with van der Waals surface area (Å²) in [6, 6.07) is 25.8. The van der Waals surface area contributed by atoms with E-state index in [1.54, 1.807) is 0 Å². The largest absolute Gasteiger partial charge is 0.339 e. The molecule has 0 bridgehead atoms. The first-order valence-electron chi connectivity index (χ1n) is 8.58. The van der Waals surface area contributed by atoms with Crippen molar-refractivity contribution in [2.45, 2.75) is 12.8 Å². The second-order valence-electron chi connectivity index (χ2n) is 6.04. The van der Waals surface area contributed by atoms with Crippen LogP contribution in [-0.4, -0.2) is 10.9 Å². The van der Waals surface area contributed by atoms with Crippen LogP contribution in [0.4, 0.5) is 11.4 Å². The zero-order valence-corrected chi connectivity index (χ0v) is 16.5. The minimum Gasteiger partial charge on any atom is -0.339 e. The molecule has 0 unspecified atom stereocenters. The average Bonchev–Trinajstić information content (AvgIpc) is 2.70. The number of thiocarbonyl (C=S) groups is 1. The Morgan fingerprint density at radius 3 is 2.26 bits per heavy atom. The number of benzene rings is 3. The molecule has 0 saturated carbocycles. The molecule has 3 rings (SSSR count). The van der Waals surface area contributed by atoms with Crippen LogP contribution in [0.15, 0.2) is 83.9 Å². The van der Waals surface area contributed by atoms with Crippen molar-refractivity contribution >= 4 is 46.1 Å². The fourth-order valence-corrected chi connectivity index (χ4v) is 2.98. The van der Waals surface area contributed by atoms with E-state index < -0.39 is 0 Å². The number of nitrogens with one attached hydrogen (secondary N) is 2. The Balaban J connectivity index is 1.88. The van der Waals surface area contributed by atoms with E-state index in [0.717, 1.165) is 22.5 Å². The minimum atomic E-state index is 0.383. The standard InChI is InChI=1S/C22H20ClN3S/c1-16-11-13-19(14-12-16)24-22(27)26-21(17-7-3-2-4-8-17)25-20-10-6-5-9-18(20)15-23/h2-14H,15H2,1H3,(H2,24,25,26,27). The zero-order chi connectivity index (χ0) is 19.1. The van der Waals surface area contributed by atoms with Gasteiger partial charge in [-0.05, 0) is 42.9 Å². The summed E-state index contributed by atoms with van der Waals surface area (Å²) in [5.74, 6) is 1.08. The van der Waals surface area contributed by atoms with Crippen LogP contribution in [0.2, 0.25) is 0 Å². The van der Waals surface area contributed by atoms with Gasteiger partial charge in [0.1, 0.15) is 5.84 Å². The maximum Gasteiger partial charge on any atom is 0.199 e. The number of hydrogen-bond donors (Lipinski definition) is 2. The molecule has 0 heterocycles. The summed E-state index contributed by atoms with van der Waals surface area (Å²) in [7, 11) is 0. The normalized spacial score (nSPS) is 11.1. The fourth-order valence-electron chi connectivity index (χ4n) is 2.54. The third-order valence-corrected chi connectivity index (χ3v) is 4.46. The summed E-state index contributed by atoms with van der Waals surface area (Å²) in [6.45, 7) is 2.05. The second-order valence-corrected chi connectivity index (χ2v) is 6.69. The molecule has 0 atom stereocenters. The SMILES string of the molecule is Cc1ccc(NC(=S)/N=C(/Nc2ccccc2CCl)c2ccccc2)cc1. The Morgan fingerprint density at radius 1 is 0.889 bits per heavy atom. The van der Waals surface area contributed by atoms with Gasteiger partial charge < -0.3 is 10.6 Å². The van der Waals surface area contributed by atoms with Crippen LogP contribution in [0.5, 0.6) is 0 Å². The summed E-state index contributed by atoms with van der Waals surface area (Å²) in [5.41, 5.74) is 4.95. The van der Waals surface area contributed by atoms with Crippen molar-refractivity contribution in [2.24, 2.45) is 4.99 Å². The predicted octanol–water partition coefficient (Wildman–Crippen LogP) is 5.99. The van der Waals surface area contributed by atoms with E-state index in [2.05, 4.69) is 15.6 Å². The molecule has 3 nitrogen and oxygen atoms in total. The molecule has 0 aromatic heterocycles. The quantitative estimate of drug-likeness (QED) is 0.247. The van der Waals surface area contributed by atoms with Crippen molar-refractivity contribution in [3.05, 3.63) is 95.6 Å². The highest BCUT2D eigenvalue weighted by molar-refractivity contribution is 7.80. The molecule has 0 aliphatic rings. The van der Waals surface area contributed by atoms with Crippen LogP contribution >= 0.6 is 23.8 Å². The molecule has 3 aromatic carbocycles. The van der Waals surface area contributed by atoms with Crippen LogP contribution in [0.1, 0.15) is 16.7 Å². The molecule has 27 heavy (non-hydrogen) atoms. The number of nitrogens with zero attached hydrogens (tertiary/aromatic N) is 1. The Hall–Kier alpha value is -2.69. The van der Waals surface area contributed by atoms with Gasteiger partial charge in [0.15, 0.2) is 5.11 Å². The lowest BCUT2D eigenvalue weighted by Gasteiger charge is -2.14. The molecule has 2 N–H and O–H groups in total. The van der Waals surface area contributed by atoms with E-state index >= 15 is 0 Å². The van der Waals surface area contributed by atoms with Gasteiger partial charge in [0.25, 0.3) is 0 Å². The highest BCUT2D eigenvalue weighted by Gasteiger charge is 2.08. The number of hydrogen-bond acceptors (Lipinski definition) is 1. The molecule has 3 aromatic rings. The number of amidine groups is 1.